The number of nitriles is 1. The smallest absolute Gasteiger partial charge is 0.227 e. The first-order chi connectivity index (χ1) is 12.1. The number of halogens is 1. The summed E-state index contributed by atoms with van der Waals surface area (Å²) in [5.74, 6) is -0.318. The molecule has 2 aromatic rings. The van der Waals surface area contributed by atoms with E-state index in [0.29, 0.717) is 13.1 Å². The second-order valence-corrected chi connectivity index (χ2v) is 7.82. The Hall–Kier alpha value is -2.17. The van der Waals surface area contributed by atoms with Crippen LogP contribution in [0.25, 0.3) is 0 Å². The monoisotopic (exact) mass is 419 g/mol. The third kappa shape index (κ3) is 6.33. The Balaban J connectivity index is 1.85. The van der Waals surface area contributed by atoms with Crippen molar-refractivity contribution in [3.63, 3.8) is 0 Å². The van der Waals surface area contributed by atoms with Gasteiger partial charge in [-0.15, -0.1) is 11.3 Å². The molecule has 1 aromatic heterocycles. The molecule has 5 nitrogen and oxygen atoms in total. The predicted octanol–water partition coefficient (Wildman–Crippen LogP) is 3.85. The molecule has 25 heavy (non-hydrogen) atoms. The van der Waals surface area contributed by atoms with Gasteiger partial charge in [0.1, 0.15) is 0 Å². The summed E-state index contributed by atoms with van der Waals surface area (Å²) in [6, 6.07) is 15.1. The lowest BCUT2D eigenvalue weighted by Gasteiger charge is -2.21. The summed E-state index contributed by atoms with van der Waals surface area (Å²) in [5.41, 5.74) is 0.742. The minimum Gasteiger partial charge on any atom is -0.351 e. The zero-order valence-corrected chi connectivity index (χ0v) is 16.0. The molecule has 0 saturated heterocycles. The molecule has 0 fully saturated rings. The lowest BCUT2D eigenvalue weighted by Crippen LogP contribution is -2.33. The Morgan fingerprint density at radius 1 is 1.16 bits per heavy atom. The fourth-order valence-corrected chi connectivity index (χ4v) is 3.67. The normalized spacial score (nSPS) is 10.1. The van der Waals surface area contributed by atoms with Gasteiger partial charge in [-0.25, -0.2) is 0 Å². The number of hydrogen-bond donors (Lipinski definition) is 1. The highest BCUT2D eigenvalue weighted by atomic mass is 79.9. The molecule has 130 valence electrons. The largest absolute Gasteiger partial charge is 0.351 e. The van der Waals surface area contributed by atoms with E-state index >= 15 is 0 Å². The van der Waals surface area contributed by atoms with Crippen LogP contribution in [0.5, 0.6) is 0 Å². The molecule has 0 aliphatic heterocycles. The fourth-order valence-electron chi connectivity index (χ4n) is 2.24. The van der Waals surface area contributed by atoms with Crippen molar-refractivity contribution in [2.45, 2.75) is 25.8 Å². The van der Waals surface area contributed by atoms with E-state index in [-0.39, 0.29) is 31.1 Å². The van der Waals surface area contributed by atoms with Crippen LogP contribution in [0.4, 0.5) is 5.69 Å². The molecule has 7 heteroatoms. The van der Waals surface area contributed by atoms with Gasteiger partial charge in [0.2, 0.25) is 11.8 Å². The Bertz CT molecular complexity index is 755. The van der Waals surface area contributed by atoms with E-state index in [1.165, 1.54) is 0 Å². The predicted molar refractivity (Wildman–Crippen MR) is 102 cm³/mol. The summed E-state index contributed by atoms with van der Waals surface area (Å²) in [5, 5.41) is 11.6. The van der Waals surface area contributed by atoms with Crippen LogP contribution in [-0.2, 0) is 16.1 Å². The molecule has 0 spiro atoms. The van der Waals surface area contributed by atoms with E-state index in [2.05, 4.69) is 27.3 Å². The van der Waals surface area contributed by atoms with Crippen molar-refractivity contribution in [2.24, 2.45) is 0 Å². The molecule has 2 rings (SSSR count). The van der Waals surface area contributed by atoms with Gasteiger partial charge in [-0.05, 0) is 40.2 Å². The van der Waals surface area contributed by atoms with E-state index in [1.807, 2.05) is 42.5 Å². The first-order valence-corrected chi connectivity index (χ1v) is 9.44. The number of anilines is 1. The van der Waals surface area contributed by atoms with Gasteiger partial charge in [-0.1, -0.05) is 18.2 Å². The standard InChI is InChI=1S/C18H18BrN3O2S/c19-16-8-7-15(25-16)13-21-17(23)9-10-18(24)22(12-4-11-20)14-5-2-1-3-6-14/h1-3,5-8H,4,9-10,12-13H2,(H,21,23). The first kappa shape index (κ1) is 19.2. The Labute approximate surface area is 159 Å². The lowest BCUT2D eigenvalue weighted by atomic mass is 10.2. The molecule has 0 bridgehead atoms. The van der Waals surface area contributed by atoms with Crippen molar-refractivity contribution >= 4 is 44.8 Å². The minimum absolute atomic E-state index is 0.111. The number of benzene rings is 1. The molecular weight excluding hydrogens is 402 g/mol. The number of rotatable bonds is 8. The fraction of sp³-hybridized carbons (Fsp3) is 0.278. The number of carbonyl (C=O) groups excluding carboxylic acids is 2. The number of thiophene rings is 1. The third-order valence-electron chi connectivity index (χ3n) is 3.47. The summed E-state index contributed by atoms with van der Waals surface area (Å²) < 4.78 is 1.02. The van der Waals surface area contributed by atoms with Crippen LogP contribution in [0.15, 0.2) is 46.3 Å². The van der Waals surface area contributed by atoms with Gasteiger partial charge in [0.15, 0.2) is 0 Å². The molecule has 0 atom stereocenters. The van der Waals surface area contributed by atoms with E-state index < -0.39 is 0 Å². The van der Waals surface area contributed by atoms with Gasteiger partial charge < -0.3 is 10.2 Å². The number of carbonyl (C=O) groups is 2. The van der Waals surface area contributed by atoms with Crippen LogP contribution in [0.1, 0.15) is 24.1 Å². The van der Waals surface area contributed by atoms with Crippen molar-refractivity contribution in [1.82, 2.24) is 5.32 Å². The van der Waals surface area contributed by atoms with Crippen LogP contribution < -0.4 is 10.2 Å². The molecular formula is C18H18BrN3O2S. The van der Waals surface area contributed by atoms with Crippen molar-refractivity contribution in [2.75, 3.05) is 11.4 Å². The maximum absolute atomic E-state index is 12.5. The van der Waals surface area contributed by atoms with Gasteiger partial charge in [0, 0.05) is 30.0 Å². The molecule has 2 amide bonds. The summed E-state index contributed by atoms with van der Waals surface area (Å²) in [6.45, 7) is 0.782. The van der Waals surface area contributed by atoms with Gasteiger partial charge >= 0.3 is 0 Å². The third-order valence-corrected chi connectivity index (χ3v) is 5.09. The number of nitrogens with zero attached hydrogens (tertiary/aromatic N) is 2. The van der Waals surface area contributed by atoms with E-state index in [1.54, 1.807) is 16.2 Å². The Morgan fingerprint density at radius 2 is 1.92 bits per heavy atom. The molecule has 0 aliphatic carbocycles. The van der Waals surface area contributed by atoms with Crippen LogP contribution in [0, 0.1) is 11.3 Å². The average molecular weight is 420 g/mol. The zero-order chi connectivity index (χ0) is 18.1. The van der Waals surface area contributed by atoms with Crippen molar-refractivity contribution in [3.05, 3.63) is 51.1 Å². The van der Waals surface area contributed by atoms with Gasteiger partial charge in [-0.3, -0.25) is 9.59 Å². The lowest BCUT2D eigenvalue weighted by molar-refractivity contribution is -0.125. The minimum atomic E-state index is -0.161. The maximum atomic E-state index is 12.5. The van der Waals surface area contributed by atoms with Crippen molar-refractivity contribution in [3.8, 4) is 6.07 Å². The number of amides is 2. The number of para-hydroxylation sites is 1. The second-order valence-electron chi connectivity index (χ2n) is 5.27. The van der Waals surface area contributed by atoms with Crippen LogP contribution in [-0.4, -0.2) is 18.4 Å². The Morgan fingerprint density at radius 3 is 2.56 bits per heavy atom. The molecule has 0 unspecified atom stereocenters. The topological polar surface area (TPSA) is 73.2 Å². The molecule has 1 heterocycles. The van der Waals surface area contributed by atoms with Gasteiger partial charge in [0.05, 0.1) is 22.8 Å². The summed E-state index contributed by atoms with van der Waals surface area (Å²) >= 11 is 4.94. The highest BCUT2D eigenvalue weighted by molar-refractivity contribution is 9.11. The van der Waals surface area contributed by atoms with Gasteiger partial charge in [-0.2, -0.15) is 5.26 Å². The molecule has 0 radical (unpaired) electrons. The van der Waals surface area contributed by atoms with E-state index in [0.717, 1.165) is 14.4 Å². The van der Waals surface area contributed by atoms with Crippen molar-refractivity contribution in [1.29, 1.82) is 5.26 Å². The summed E-state index contributed by atoms with van der Waals surface area (Å²) in [6.07, 6.45) is 0.488. The number of hydrogen-bond acceptors (Lipinski definition) is 4. The Kier molecular flexibility index (Phi) is 7.64. The van der Waals surface area contributed by atoms with Crippen LogP contribution >= 0.6 is 27.3 Å². The SMILES string of the molecule is N#CCCN(C(=O)CCC(=O)NCc1ccc(Br)s1)c1ccccc1. The second kappa shape index (κ2) is 9.97. The van der Waals surface area contributed by atoms with Crippen LogP contribution in [0.2, 0.25) is 0 Å². The molecule has 0 saturated carbocycles. The highest BCUT2D eigenvalue weighted by Gasteiger charge is 2.16. The number of nitrogens with one attached hydrogen (secondary N) is 1. The zero-order valence-electron chi connectivity index (χ0n) is 13.6. The highest BCUT2D eigenvalue weighted by Crippen LogP contribution is 2.21. The van der Waals surface area contributed by atoms with E-state index in [4.69, 9.17) is 5.26 Å². The summed E-state index contributed by atoms with van der Waals surface area (Å²) in [4.78, 5) is 27.0. The summed E-state index contributed by atoms with van der Waals surface area (Å²) in [7, 11) is 0. The maximum Gasteiger partial charge on any atom is 0.227 e. The van der Waals surface area contributed by atoms with Crippen molar-refractivity contribution < 1.29 is 9.59 Å². The molecule has 1 N–H and O–H groups in total. The quantitative estimate of drug-likeness (QED) is 0.705. The average Bonchev–Trinajstić information content (AvgIpc) is 3.05. The molecule has 1 aromatic carbocycles. The first-order valence-electron chi connectivity index (χ1n) is 7.83. The van der Waals surface area contributed by atoms with E-state index in [9.17, 15) is 9.59 Å². The molecule has 0 aliphatic rings. The van der Waals surface area contributed by atoms with Gasteiger partial charge in [0.25, 0.3) is 0 Å². The van der Waals surface area contributed by atoms with Crippen LogP contribution in [0.3, 0.4) is 0 Å².